The van der Waals surface area contributed by atoms with Crippen molar-refractivity contribution in [2.45, 2.75) is 26.7 Å². The Balaban J connectivity index is 2.19. The van der Waals surface area contributed by atoms with Gasteiger partial charge in [-0.3, -0.25) is 20.4 Å². The third-order valence-electron chi connectivity index (χ3n) is 3.54. The average Bonchev–Trinajstić information content (AvgIpc) is 3.20. The number of aromatic amines is 2. The van der Waals surface area contributed by atoms with Crippen molar-refractivity contribution in [2.24, 2.45) is 0 Å². The van der Waals surface area contributed by atoms with Crippen LogP contribution in [0.3, 0.4) is 0 Å². The second kappa shape index (κ2) is 7.49. The number of hydrazine groups is 1. The third kappa shape index (κ3) is 3.48. The number of carbonyl (C=O) groups excluding carboxylic acids is 3. The molecule has 0 atom stereocenters. The summed E-state index contributed by atoms with van der Waals surface area (Å²) in [5, 5.41) is 0. The van der Waals surface area contributed by atoms with E-state index in [4.69, 9.17) is 4.74 Å². The zero-order valence-corrected chi connectivity index (χ0v) is 13.8. The van der Waals surface area contributed by atoms with Crippen molar-refractivity contribution in [3.05, 3.63) is 46.5 Å². The summed E-state index contributed by atoms with van der Waals surface area (Å²) in [5.74, 6) is -1.50. The zero-order chi connectivity index (χ0) is 17.7. The highest BCUT2D eigenvalue weighted by Crippen LogP contribution is 2.21. The molecule has 24 heavy (non-hydrogen) atoms. The van der Waals surface area contributed by atoms with Crippen molar-refractivity contribution in [3.8, 4) is 0 Å². The average molecular weight is 332 g/mol. The van der Waals surface area contributed by atoms with E-state index in [2.05, 4.69) is 20.8 Å². The maximum absolute atomic E-state index is 12.4. The van der Waals surface area contributed by atoms with Gasteiger partial charge in [0.25, 0.3) is 11.8 Å². The molecule has 2 amide bonds. The monoisotopic (exact) mass is 332 g/mol. The van der Waals surface area contributed by atoms with Gasteiger partial charge in [-0.25, -0.2) is 4.79 Å². The van der Waals surface area contributed by atoms with Gasteiger partial charge in [-0.1, -0.05) is 13.3 Å². The number of hydrogen-bond donors (Lipinski definition) is 4. The molecule has 4 N–H and O–H groups in total. The molecule has 0 fully saturated rings. The number of carbonyl (C=O) groups is 3. The number of hydrogen-bond acceptors (Lipinski definition) is 4. The lowest BCUT2D eigenvalue weighted by Gasteiger charge is -2.08. The van der Waals surface area contributed by atoms with E-state index in [-0.39, 0.29) is 5.69 Å². The minimum absolute atomic E-state index is 0.238. The van der Waals surface area contributed by atoms with Crippen molar-refractivity contribution < 1.29 is 19.1 Å². The Morgan fingerprint density at radius 3 is 2.50 bits per heavy atom. The van der Waals surface area contributed by atoms with Gasteiger partial charge in [-0.05, 0) is 31.0 Å². The van der Waals surface area contributed by atoms with E-state index in [0.29, 0.717) is 28.9 Å². The van der Waals surface area contributed by atoms with Crippen LogP contribution in [-0.2, 0) is 11.2 Å². The van der Waals surface area contributed by atoms with Crippen LogP contribution in [0.2, 0.25) is 0 Å². The first kappa shape index (κ1) is 17.3. The van der Waals surface area contributed by atoms with Crippen molar-refractivity contribution in [1.29, 1.82) is 0 Å². The molecule has 0 unspecified atom stereocenters. The van der Waals surface area contributed by atoms with Crippen molar-refractivity contribution >= 4 is 17.8 Å². The lowest BCUT2D eigenvalue weighted by Crippen LogP contribution is -2.42. The molecule has 0 spiro atoms. The Morgan fingerprint density at radius 2 is 1.92 bits per heavy atom. The van der Waals surface area contributed by atoms with Gasteiger partial charge < -0.3 is 14.7 Å². The Kier molecular flexibility index (Phi) is 5.41. The SMILES string of the molecule is CCCc1c(C(=O)NNC(=O)c2ccc[nH]2)[nH]c(C)c1C(=O)OC. The predicted octanol–water partition coefficient (Wildman–Crippen LogP) is 1.47. The standard InChI is InChI=1S/C16H20N4O4/c1-4-6-10-12(16(23)24-3)9(2)18-13(10)15(22)20-19-14(21)11-7-5-8-17-11/h5,7-8,17-18H,4,6H2,1-3H3,(H,19,21)(H,20,22). The Bertz CT molecular complexity index is 746. The molecule has 0 bridgehead atoms. The summed E-state index contributed by atoms with van der Waals surface area (Å²) in [7, 11) is 1.29. The Morgan fingerprint density at radius 1 is 1.21 bits per heavy atom. The number of ether oxygens (including phenoxy) is 1. The van der Waals surface area contributed by atoms with E-state index in [1.807, 2.05) is 6.92 Å². The summed E-state index contributed by atoms with van der Waals surface area (Å²) in [5.41, 5.74) is 6.70. The summed E-state index contributed by atoms with van der Waals surface area (Å²) >= 11 is 0. The number of aryl methyl sites for hydroxylation is 1. The second-order valence-corrected chi connectivity index (χ2v) is 5.21. The Labute approximate surface area is 138 Å². The molecule has 0 aliphatic rings. The topological polar surface area (TPSA) is 116 Å². The highest BCUT2D eigenvalue weighted by Gasteiger charge is 2.25. The van der Waals surface area contributed by atoms with Crippen LogP contribution in [0.1, 0.15) is 55.9 Å². The first-order chi connectivity index (χ1) is 11.5. The molecule has 0 aromatic carbocycles. The normalized spacial score (nSPS) is 10.3. The van der Waals surface area contributed by atoms with E-state index in [0.717, 1.165) is 6.42 Å². The van der Waals surface area contributed by atoms with Gasteiger partial charge in [0.1, 0.15) is 11.4 Å². The largest absolute Gasteiger partial charge is 0.465 e. The van der Waals surface area contributed by atoms with Crippen LogP contribution in [0, 0.1) is 6.92 Å². The fraction of sp³-hybridized carbons (Fsp3) is 0.312. The molecule has 128 valence electrons. The number of rotatable bonds is 5. The zero-order valence-electron chi connectivity index (χ0n) is 13.8. The maximum Gasteiger partial charge on any atom is 0.339 e. The van der Waals surface area contributed by atoms with E-state index in [1.165, 1.54) is 7.11 Å². The molecular formula is C16H20N4O4. The van der Waals surface area contributed by atoms with Crippen LogP contribution in [0.4, 0.5) is 0 Å². The molecule has 0 aliphatic heterocycles. The Hall–Kier alpha value is -3.03. The van der Waals surface area contributed by atoms with Gasteiger partial charge in [0.15, 0.2) is 0 Å². The molecule has 2 rings (SSSR count). The minimum atomic E-state index is -0.531. The summed E-state index contributed by atoms with van der Waals surface area (Å²) < 4.78 is 4.78. The maximum atomic E-state index is 12.4. The predicted molar refractivity (Wildman–Crippen MR) is 86.6 cm³/mol. The van der Waals surface area contributed by atoms with Crippen molar-refractivity contribution in [3.63, 3.8) is 0 Å². The van der Waals surface area contributed by atoms with Gasteiger partial charge in [0.05, 0.1) is 12.7 Å². The molecule has 0 radical (unpaired) electrons. The van der Waals surface area contributed by atoms with Crippen LogP contribution in [0.25, 0.3) is 0 Å². The fourth-order valence-electron chi connectivity index (χ4n) is 2.46. The third-order valence-corrected chi connectivity index (χ3v) is 3.54. The molecule has 0 saturated heterocycles. The number of H-pyrrole nitrogens is 2. The quantitative estimate of drug-likeness (QED) is 0.490. The van der Waals surface area contributed by atoms with E-state index >= 15 is 0 Å². The van der Waals surface area contributed by atoms with Gasteiger partial charge in [0.2, 0.25) is 0 Å². The summed E-state index contributed by atoms with van der Waals surface area (Å²) in [6.07, 6.45) is 2.88. The van der Waals surface area contributed by atoms with Crippen molar-refractivity contribution in [2.75, 3.05) is 7.11 Å². The number of aromatic nitrogens is 2. The second-order valence-electron chi connectivity index (χ2n) is 5.21. The fourth-order valence-corrected chi connectivity index (χ4v) is 2.46. The molecular weight excluding hydrogens is 312 g/mol. The first-order valence-electron chi connectivity index (χ1n) is 7.53. The lowest BCUT2D eigenvalue weighted by molar-refractivity contribution is 0.0598. The van der Waals surface area contributed by atoms with Crippen LogP contribution in [0.15, 0.2) is 18.3 Å². The molecule has 2 aromatic rings. The van der Waals surface area contributed by atoms with Crippen LogP contribution >= 0.6 is 0 Å². The van der Waals surface area contributed by atoms with E-state index < -0.39 is 17.8 Å². The molecule has 0 saturated carbocycles. The first-order valence-corrected chi connectivity index (χ1v) is 7.53. The van der Waals surface area contributed by atoms with Crippen LogP contribution in [0.5, 0.6) is 0 Å². The molecule has 8 heteroatoms. The summed E-state index contributed by atoms with van der Waals surface area (Å²) in [4.78, 5) is 41.8. The lowest BCUT2D eigenvalue weighted by atomic mass is 10.0. The molecule has 8 nitrogen and oxygen atoms in total. The summed E-state index contributed by atoms with van der Waals surface area (Å²) in [6.45, 7) is 3.64. The smallest absolute Gasteiger partial charge is 0.339 e. The summed E-state index contributed by atoms with van der Waals surface area (Å²) in [6, 6.07) is 3.26. The minimum Gasteiger partial charge on any atom is -0.465 e. The van der Waals surface area contributed by atoms with E-state index in [1.54, 1.807) is 25.3 Å². The number of methoxy groups -OCH3 is 1. The number of nitrogens with one attached hydrogen (secondary N) is 4. The van der Waals surface area contributed by atoms with Gasteiger partial charge in [-0.2, -0.15) is 0 Å². The van der Waals surface area contributed by atoms with Crippen LogP contribution < -0.4 is 10.9 Å². The highest BCUT2D eigenvalue weighted by atomic mass is 16.5. The van der Waals surface area contributed by atoms with Crippen LogP contribution in [-0.4, -0.2) is 34.9 Å². The van der Waals surface area contributed by atoms with Gasteiger partial charge in [0, 0.05) is 11.9 Å². The molecule has 2 aromatic heterocycles. The van der Waals surface area contributed by atoms with Crippen molar-refractivity contribution in [1.82, 2.24) is 20.8 Å². The highest BCUT2D eigenvalue weighted by molar-refractivity contribution is 6.02. The number of esters is 1. The number of amides is 2. The van der Waals surface area contributed by atoms with Gasteiger partial charge in [-0.15, -0.1) is 0 Å². The molecule has 0 aliphatic carbocycles. The van der Waals surface area contributed by atoms with Gasteiger partial charge >= 0.3 is 5.97 Å². The van der Waals surface area contributed by atoms with E-state index in [9.17, 15) is 14.4 Å². The molecule has 2 heterocycles.